The lowest BCUT2D eigenvalue weighted by atomic mass is 10.2. The smallest absolute Gasteiger partial charge is 0.294 e. The van der Waals surface area contributed by atoms with E-state index >= 15 is 0 Å². The van der Waals surface area contributed by atoms with Crippen molar-refractivity contribution in [2.75, 3.05) is 6.61 Å². The molecule has 0 saturated heterocycles. The molecule has 4 heteroatoms. The molecule has 0 aliphatic carbocycles. The van der Waals surface area contributed by atoms with Crippen molar-refractivity contribution >= 4 is 11.0 Å². The first-order chi connectivity index (χ1) is 6.83. The van der Waals surface area contributed by atoms with Gasteiger partial charge in [-0.05, 0) is 25.1 Å². The zero-order chi connectivity index (χ0) is 9.97. The molecule has 2 rings (SSSR count). The molecule has 1 heterocycles. The number of H-pyrrole nitrogens is 1. The van der Waals surface area contributed by atoms with E-state index in [1.165, 1.54) is 0 Å². The Morgan fingerprint density at radius 2 is 2.43 bits per heavy atom. The van der Waals surface area contributed by atoms with Crippen LogP contribution in [0.3, 0.4) is 0 Å². The van der Waals surface area contributed by atoms with E-state index in [1.807, 2.05) is 6.92 Å². The number of fused-ring (bicyclic) bond motifs is 1. The van der Waals surface area contributed by atoms with Gasteiger partial charge >= 0.3 is 0 Å². The van der Waals surface area contributed by atoms with Crippen molar-refractivity contribution in [2.45, 2.75) is 6.92 Å². The van der Waals surface area contributed by atoms with Gasteiger partial charge in [-0.1, -0.05) is 0 Å². The average Bonchev–Trinajstić information content (AvgIpc) is 2.59. The fourth-order valence-corrected chi connectivity index (χ4v) is 1.26. The van der Waals surface area contributed by atoms with Gasteiger partial charge in [0, 0.05) is 0 Å². The van der Waals surface area contributed by atoms with E-state index in [0.717, 1.165) is 11.0 Å². The zero-order valence-electron chi connectivity index (χ0n) is 7.74. The summed E-state index contributed by atoms with van der Waals surface area (Å²) in [6, 6.07) is 7.86. The van der Waals surface area contributed by atoms with E-state index in [-0.39, 0.29) is 0 Å². The van der Waals surface area contributed by atoms with Crippen molar-refractivity contribution < 1.29 is 4.74 Å². The second-order valence-electron chi connectivity index (χ2n) is 2.82. The standard InChI is InChI=1S/C10H9N3O/c1-2-14-10-12-8-4-3-7(6-11)5-9(8)13-10/h3-5H,2H2,1H3,(H,12,13). The third-order valence-electron chi connectivity index (χ3n) is 1.87. The number of nitriles is 1. The lowest BCUT2D eigenvalue weighted by molar-refractivity contribution is 0.317. The molecule has 0 radical (unpaired) electrons. The number of benzene rings is 1. The first-order valence-electron chi connectivity index (χ1n) is 4.36. The van der Waals surface area contributed by atoms with E-state index in [4.69, 9.17) is 10.00 Å². The van der Waals surface area contributed by atoms with Crippen LogP contribution in [0.15, 0.2) is 18.2 Å². The highest BCUT2D eigenvalue weighted by Gasteiger charge is 2.03. The van der Waals surface area contributed by atoms with Crippen LogP contribution in [0.5, 0.6) is 6.01 Å². The van der Waals surface area contributed by atoms with Gasteiger partial charge in [0.2, 0.25) is 0 Å². The molecule has 1 aromatic carbocycles. The van der Waals surface area contributed by atoms with E-state index in [1.54, 1.807) is 18.2 Å². The number of hydrogen-bond donors (Lipinski definition) is 1. The molecule has 14 heavy (non-hydrogen) atoms. The van der Waals surface area contributed by atoms with Gasteiger partial charge in [-0.15, -0.1) is 0 Å². The molecule has 0 saturated carbocycles. The molecular formula is C10H9N3O. The number of imidazole rings is 1. The summed E-state index contributed by atoms with van der Waals surface area (Å²) in [4.78, 5) is 7.18. The van der Waals surface area contributed by atoms with E-state index in [2.05, 4.69) is 16.0 Å². The number of hydrogen-bond acceptors (Lipinski definition) is 3. The Balaban J connectivity index is 2.50. The normalized spacial score (nSPS) is 10.0. The molecule has 0 atom stereocenters. The van der Waals surface area contributed by atoms with Crippen LogP contribution in [0, 0.1) is 11.3 Å². The Kier molecular flexibility index (Phi) is 2.07. The van der Waals surface area contributed by atoms with Gasteiger partial charge in [0.05, 0.1) is 29.3 Å². The van der Waals surface area contributed by atoms with Crippen molar-refractivity contribution in [1.29, 1.82) is 5.26 Å². The van der Waals surface area contributed by atoms with Crippen LogP contribution in [-0.2, 0) is 0 Å². The van der Waals surface area contributed by atoms with Crippen LogP contribution < -0.4 is 4.74 Å². The van der Waals surface area contributed by atoms with Crippen LogP contribution >= 0.6 is 0 Å². The predicted octanol–water partition coefficient (Wildman–Crippen LogP) is 1.83. The summed E-state index contributed by atoms with van der Waals surface area (Å²) in [6.45, 7) is 2.47. The highest BCUT2D eigenvalue weighted by atomic mass is 16.5. The molecule has 1 aromatic heterocycles. The van der Waals surface area contributed by atoms with Crippen LogP contribution in [0.4, 0.5) is 0 Å². The molecule has 0 fully saturated rings. The molecule has 4 nitrogen and oxygen atoms in total. The van der Waals surface area contributed by atoms with E-state index in [0.29, 0.717) is 18.2 Å². The Labute approximate surface area is 81.1 Å². The van der Waals surface area contributed by atoms with Crippen molar-refractivity contribution in [3.63, 3.8) is 0 Å². The number of ether oxygens (including phenoxy) is 1. The highest BCUT2D eigenvalue weighted by molar-refractivity contribution is 5.77. The Morgan fingerprint density at radius 3 is 3.14 bits per heavy atom. The summed E-state index contributed by atoms with van der Waals surface area (Å²) >= 11 is 0. The first kappa shape index (κ1) is 8.57. The average molecular weight is 187 g/mol. The first-order valence-corrected chi connectivity index (χ1v) is 4.36. The maximum atomic E-state index is 8.69. The maximum absolute atomic E-state index is 8.69. The number of aromatic amines is 1. The summed E-state index contributed by atoms with van der Waals surface area (Å²) < 4.78 is 5.21. The summed E-state index contributed by atoms with van der Waals surface area (Å²) in [6.07, 6.45) is 0. The molecule has 1 N–H and O–H groups in total. The Bertz CT molecular complexity index is 496. The lowest BCUT2D eigenvalue weighted by Crippen LogP contribution is -1.92. The van der Waals surface area contributed by atoms with Gasteiger partial charge < -0.3 is 9.72 Å². The topological polar surface area (TPSA) is 61.7 Å². The fraction of sp³-hybridized carbons (Fsp3) is 0.200. The molecule has 0 amide bonds. The van der Waals surface area contributed by atoms with Crippen molar-refractivity contribution in [3.8, 4) is 12.1 Å². The monoisotopic (exact) mass is 187 g/mol. The summed E-state index contributed by atoms with van der Waals surface area (Å²) in [5.74, 6) is 0. The van der Waals surface area contributed by atoms with Gasteiger partial charge in [0.25, 0.3) is 6.01 Å². The third kappa shape index (κ3) is 1.40. The summed E-state index contributed by atoms with van der Waals surface area (Å²) in [5.41, 5.74) is 2.25. The molecule has 0 unspecified atom stereocenters. The largest absolute Gasteiger partial charge is 0.465 e. The van der Waals surface area contributed by atoms with Crippen LogP contribution in [0.1, 0.15) is 12.5 Å². The Morgan fingerprint density at radius 1 is 1.57 bits per heavy atom. The van der Waals surface area contributed by atoms with Crippen molar-refractivity contribution in [3.05, 3.63) is 23.8 Å². The molecule has 70 valence electrons. The SMILES string of the molecule is CCOc1nc2ccc(C#N)cc2[nH]1. The minimum absolute atomic E-state index is 0.498. The number of aromatic nitrogens is 2. The van der Waals surface area contributed by atoms with Crippen LogP contribution in [-0.4, -0.2) is 16.6 Å². The second kappa shape index (κ2) is 3.38. The van der Waals surface area contributed by atoms with Gasteiger partial charge in [-0.3, -0.25) is 0 Å². The summed E-state index contributed by atoms with van der Waals surface area (Å²) in [5, 5.41) is 8.69. The zero-order valence-corrected chi connectivity index (χ0v) is 7.74. The van der Waals surface area contributed by atoms with Crippen molar-refractivity contribution in [2.24, 2.45) is 0 Å². The van der Waals surface area contributed by atoms with Crippen LogP contribution in [0.25, 0.3) is 11.0 Å². The molecule has 0 bridgehead atoms. The van der Waals surface area contributed by atoms with Gasteiger partial charge in [-0.2, -0.15) is 10.2 Å². The van der Waals surface area contributed by atoms with Crippen LogP contribution in [0.2, 0.25) is 0 Å². The number of rotatable bonds is 2. The highest BCUT2D eigenvalue weighted by Crippen LogP contribution is 2.16. The fourth-order valence-electron chi connectivity index (χ4n) is 1.26. The molecule has 0 spiro atoms. The van der Waals surface area contributed by atoms with Gasteiger partial charge in [0.1, 0.15) is 0 Å². The minimum Gasteiger partial charge on any atom is -0.465 e. The molecular weight excluding hydrogens is 178 g/mol. The third-order valence-corrected chi connectivity index (χ3v) is 1.87. The van der Waals surface area contributed by atoms with E-state index in [9.17, 15) is 0 Å². The van der Waals surface area contributed by atoms with E-state index < -0.39 is 0 Å². The number of nitrogens with one attached hydrogen (secondary N) is 1. The number of nitrogens with zero attached hydrogens (tertiary/aromatic N) is 2. The minimum atomic E-state index is 0.498. The molecule has 0 aliphatic heterocycles. The molecule has 0 aliphatic rings. The quantitative estimate of drug-likeness (QED) is 0.780. The Hall–Kier alpha value is -2.02. The second-order valence-corrected chi connectivity index (χ2v) is 2.82. The maximum Gasteiger partial charge on any atom is 0.294 e. The summed E-state index contributed by atoms with van der Waals surface area (Å²) in [7, 11) is 0. The molecule has 2 aromatic rings. The lowest BCUT2D eigenvalue weighted by Gasteiger charge is -1.93. The van der Waals surface area contributed by atoms with Crippen molar-refractivity contribution in [1.82, 2.24) is 9.97 Å². The predicted molar refractivity (Wildman–Crippen MR) is 52.0 cm³/mol. The van der Waals surface area contributed by atoms with Gasteiger partial charge in [0.15, 0.2) is 0 Å². The van der Waals surface area contributed by atoms with Gasteiger partial charge in [-0.25, -0.2) is 0 Å².